The summed E-state index contributed by atoms with van der Waals surface area (Å²) in [5.74, 6) is 1.32. The van der Waals surface area contributed by atoms with Gasteiger partial charge < -0.3 is 20.1 Å². The van der Waals surface area contributed by atoms with Gasteiger partial charge in [0.15, 0.2) is 11.5 Å². The number of methoxy groups -OCH3 is 2. The molecular formula is C13H22N2O2. The van der Waals surface area contributed by atoms with Crippen LogP contribution in [0, 0.1) is 0 Å². The fourth-order valence-corrected chi connectivity index (χ4v) is 1.80. The number of hydrogen-bond acceptors (Lipinski definition) is 4. The minimum absolute atomic E-state index is 0.615. The normalized spacial score (nSPS) is 10.6. The number of nitrogen functional groups attached to an aromatic ring is 1. The lowest BCUT2D eigenvalue weighted by molar-refractivity contribution is 0.356. The van der Waals surface area contributed by atoms with Gasteiger partial charge in [-0.05, 0) is 51.2 Å². The second-order valence-electron chi connectivity index (χ2n) is 4.33. The van der Waals surface area contributed by atoms with E-state index in [0.717, 1.165) is 19.4 Å². The summed E-state index contributed by atoms with van der Waals surface area (Å²) in [6.07, 6.45) is 2.09. The average Bonchev–Trinajstić information content (AvgIpc) is 2.27. The highest BCUT2D eigenvalue weighted by molar-refractivity contribution is 5.62. The summed E-state index contributed by atoms with van der Waals surface area (Å²) < 4.78 is 10.5. The van der Waals surface area contributed by atoms with Gasteiger partial charge in [-0.25, -0.2) is 0 Å². The number of nitrogens with two attached hydrogens (primary N) is 1. The van der Waals surface area contributed by atoms with E-state index in [1.54, 1.807) is 14.2 Å². The number of ether oxygens (including phenoxy) is 2. The van der Waals surface area contributed by atoms with E-state index in [9.17, 15) is 0 Å². The van der Waals surface area contributed by atoms with Crippen molar-refractivity contribution in [2.75, 3.05) is 40.6 Å². The number of rotatable bonds is 6. The maximum atomic E-state index is 5.92. The molecule has 4 nitrogen and oxygen atoms in total. The average molecular weight is 238 g/mol. The van der Waals surface area contributed by atoms with Crippen molar-refractivity contribution in [2.45, 2.75) is 12.8 Å². The molecule has 0 radical (unpaired) electrons. The zero-order chi connectivity index (χ0) is 12.8. The van der Waals surface area contributed by atoms with Crippen LogP contribution in [0.25, 0.3) is 0 Å². The lowest BCUT2D eigenvalue weighted by Gasteiger charge is -2.13. The molecule has 0 spiro atoms. The number of nitrogens with zero attached hydrogens (tertiary/aromatic N) is 1. The van der Waals surface area contributed by atoms with Crippen molar-refractivity contribution in [1.29, 1.82) is 0 Å². The van der Waals surface area contributed by atoms with Crippen molar-refractivity contribution in [3.63, 3.8) is 0 Å². The van der Waals surface area contributed by atoms with E-state index >= 15 is 0 Å². The third-order valence-electron chi connectivity index (χ3n) is 2.64. The van der Waals surface area contributed by atoms with Gasteiger partial charge in [0.2, 0.25) is 0 Å². The van der Waals surface area contributed by atoms with E-state index in [0.29, 0.717) is 17.2 Å². The summed E-state index contributed by atoms with van der Waals surface area (Å²) in [4.78, 5) is 2.17. The van der Waals surface area contributed by atoms with Crippen molar-refractivity contribution in [1.82, 2.24) is 4.90 Å². The summed E-state index contributed by atoms with van der Waals surface area (Å²) in [5, 5.41) is 0. The molecule has 1 aromatic rings. The van der Waals surface area contributed by atoms with Crippen LogP contribution in [0.15, 0.2) is 12.1 Å². The quantitative estimate of drug-likeness (QED) is 0.767. The standard InChI is InChI=1S/C13H22N2O2/c1-15(2)7-5-6-10-8-11(14)13(17-4)12(9-10)16-3/h8-9H,5-7,14H2,1-4H3. The SMILES string of the molecule is COc1cc(CCCN(C)C)cc(N)c1OC. The lowest BCUT2D eigenvalue weighted by Crippen LogP contribution is -2.13. The predicted octanol–water partition coefficient (Wildman–Crippen LogP) is 1.78. The minimum Gasteiger partial charge on any atom is -0.493 e. The van der Waals surface area contributed by atoms with Crippen molar-refractivity contribution in [3.05, 3.63) is 17.7 Å². The van der Waals surface area contributed by atoms with Crippen LogP contribution in [0.2, 0.25) is 0 Å². The van der Waals surface area contributed by atoms with Gasteiger partial charge in [0.25, 0.3) is 0 Å². The van der Waals surface area contributed by atoms with Gasteiger partial charge in [0.05, 0.1) is 19.9 Å². The molecule has 4 heteroatoms. The predicted molar refractivity (Wildman–Crippen MR) is 70.8 cm³/mol. The van der Waals surface area contributed by atoms with Crippen LogP contribution in [0.1, 0.15) is 12.0 Å². The van der Waals surface area contributed by atoms with Gasteiger partial charge in [-0.15, -0.1) is 0 Å². The second kappa shape index (κ2) is 6.35. The van der Waals surface area contributed by atoms with E-state index in [2.05, 4.69) is 19.0 Å². The number of benzene rings is 1. The largest absolute Gasteiger partial charge is 0.493 e. The molecule has 0 heterocycles. The first-order valence-corrected chi connectivity index (χ1v) is 5.73. The Morgan fingerprint density at radius 3 is 2.41 bits per heavy atom. The molecule has 0 bridgehead atoms. The molecule has 2 N–H and O–H groups in total. The van der Waals surface area contributed by atoms with E-state index in [1.807, 2.05) is 12.1 Å². The fourth-order valence-electron chi connectivity index (χ4n) is 1.80. The Labute approximate surface area is 103 Å². The van der Waals surface area contributed by atoms with Crippen LogP contribution in [0.4, 0.5) is 5.69 Å². The molecule has 1 aromatic carbocycles. The van der Waals surface area contributed by atoms with Crippen molar-refractivity contribution in [2.24, 2.45) is 0 Å². The molecule has 0 aromatic heterocycles. The van der Waals surface area contributed by atoms with E-state index in [-0.39, 0.29) is 0 Å². The van der Waals surface area contributed by atoms with Crippen LogP contribution < -0.4 is 15.2 Å². The number of hydrogen-bond donors (Lipinski definition) is 1. The topological polar surface area (TPSA) is 47.7 Å². The third-order valence-corrected chi connectivity index (χ3v) is 2.64. The van der Waals surface area contributed by atoms with Gasteiger partial charge >= 0.3 is 0 Å². The molecule has 0 aliphatic heterocycles. The number of anilines is 1. The van der Waals surface area contributed by atoms with Crippen LogP contribution in [-0.4, -0.2) is 39.8 Å². The van der Waals surface area contributed by atoms with Gasteiger partial charge in [0.1, 0.15) is 0 Å². The maximum Gasteiger partial charge on any atom is 0.183 e. The zero-order valence-electron chi connectivity index (χ0n) is 11.1. The molecule has 0 saturated carbocycles. The zero-order valence-corrected chi connectivity index (χ0v) is 11.1. The first-order chi connectivity index (χ1) is 8.08. The van der Waals surface area contributed by atoms with E-state index in [1.165, 1.54) is 5.56 Å². The molecule has 1 rings (SSSR count). The van der Waals surface area contributed by atoms with Gasteiger partial charge in [-0.3, -0.25) is 0 Å². The highest BCUT2D eigenvalue weighted by Gasteiger charge is 2.09. The van der Waals surface area contributed by atoms with Crippen LogP contribution in [0.3, 0.4) is 0 Å². The Balaban J connectivity index is 2.77. The summed E-state index contributed by atoms with van der Waals surface area (Å²) in [6, 6.07) is 3.95. The first-order valence-electron chi connectivity index (χ1n) is 5.73. The molecule has 0 aliphatic carbocycles. The summed E-state index contributed by atoms with van der Waals surface area (Å²) in [5.41, 5.74) is 7.74. The smallest absolute Gasteiger partial charge is 0.183 e. The highest BCUT2D eigenvalue weighted by atomic mass is 16.5. The second-order valence-corrected chi connectivity index (χ2v) is 4.33. The third kappa shape index (κ3) is 3.82. The minimum atomic E-state index is 0.615. The van der Waals surface area contributed by atoms with E-state index in [4.69, 9.17) is 15.2 Å². The maximum absolute atomic E-state index is 5.92. The summed E-state index contributed by atoms with van der Waals surface area (Å²) in [7, 11) is 7.37. The summed E-state index contributed by atoms with van der Waals surface area (Å²) >= 11 is 0. The fraction of sp³-hybridized carbons (Fsp3) is 0.538. The molecule has 0 atom stereocenters. The molecule has 0 amide bonds. The van der Waals surface area contributed by atoms with Crippen molar-refractivity contribution in [3.8, 4) is 11.5 Å². The Hall–Kier alpha value is -1.42. The Morgan fingerprint density at radius 1 is 1.18 bits per heavy atom. The van der Waals surface area contributed by atoms with Crippen LogP contribution >= 0.6 is 0 Å². The lowest BCUT2D eigenvalue weighted by atomic mass is 10.1. The number of aryl methyl sites for hydroxylation is 1. The molecular weight excluding hydrogens is 216 g/mol. The monoisotopic (exact) mass is 238 g/mol. The van der Waals surface area contributed by atoms with Crippen LogP contribution in [0.5, 0.6) is 11.5 Å². The van der Waals surface area contributed by atoms with Crippen molar-refractivity contribution >= 4 is 5.69 Å². The Bertz CT molecular complexity index is 365. The molecule has 0 aliphatic rings. The summed E-state index contributed by atoms with van der Waals surface area (Å²) in [6.45, 7) is 1.06. The van der Waals surface area contributed by atoms with Gasteiger partial charge in [-0.2, -0.15) is 0 Å². The molecule has 0 unspecified atom stereocenters. The van der Waals surface area contributed by atoms with Crippen LogP contribution in [-0.2, 0) is 6.42 Å². The van der Waals surface area contributed by atoms with Gasteiger partial charge in [0, 0.05) is 0 Å². The highest BCUT2D eigenvalue weighted by Crippen LogP contribution is 2.34. The van der Waals surface area contributed by atoms with Gasteiger partial charge in [-0.1, -0.05) is 0 Å². The van der Waals surface area contributed by atoms with Crippen molar-refractivity contribution < 1.29 is 9.47 Å². The Kier molecular flexibility index (Phi) is 5.10. The molecule has 17 heavy (non-hydrogen) atoms. The molecule has 0 fully saturated rings. The first kappa shape index (κ1) is 13.6. The molecule has 96 valence electrons. The molecule has 0 saturated heterocycles. The van der Waals surface area contributed by atoms with E-state index < -0.39 is 0 Å². The Morgan fingerprint density at radius 2 is 1.88 bits per heavy atom.